The summed E-state index contributed by atoms with van der Waals surface area (Å²) in [6, 6.07) is 50.0. The smallest absolute Gasteiger partial charge is 0.273 e. The van der Waals surface area contributed by atoms with E-state index in [1.807, 2.05) is 24.3 Å². The summed E-state index contributed by atoms with van der Waals surface area (Å²) in [5.41, 5.74) is 2.49. The molecule has 0 radical (unpaired) electrons. The zero-order valence-corrected chi connectivity index (χ0v) is 26.9. The molecule has 7 rings (SSSR count). The average molecular weight is 714 g/mol. The topological polar surface area (TPSA) is 0 Å². The Balaban J connectivity index is 0.000000264. The molecular weight excluding hydrogens is 682 g/mol. The first-order valence-corrected chi connectivity index (χ1v) is 12.3. The molecule has 0 fully saturated rings. The maximum absolute atomic E-state index is 2.99. The molecule has 0 bridgehead atoms. The molecule has 3 heteroatoms. The molecule has 6 aromatic rings. The van der Waals surface area contributed by atoms with Crippen molar-refractivity contribution < 1.29 is 25.8 Å². The van der Waals surface area contributed by atoms with Gasteiger partial charge in [-0.3, -0.25) is 6.08 Å². The molecule has 0 N–H and O–H groups in total. The van der Waals surface area contributed by atoms with Gasteiger partial charge in [-0.05, 0) is 0 Å². The van der Waals surface area contributed by atoms with E-state index in [0.29, 0.717) is 0 Å². The van der Waals surface area contributed by atoms with E-state index < -0.39 is 0 Å². The Morgan fingerprint density at radius 1 is 0.538 bits per heavy atom. The molecule has 6 aromatic carbocycles. The minimum Gasteiger partial charge on any atom is -0.273 e. The van der Waals surface area contributed by atoms with Crippen LogP contribution < -0.4 is 0 Å². The summed E-state index contributed by atoms with van der Waals surface area (Å²) < 4.78 is 0. The predicted molar refractivity (Wildman–Crippen MR) is 171 cm³/mol. The molecule has 0 aliphatic heterocycles. The van der Waals surface area contributed by atoms with Gasteiger partial charge in [0.2, 0.25) is 0 Å². The van der Waals surface area contributed by atoms with Crippen molar-refractivity contribution in [3.8, 4) is 0 Å². The van der Waals surface area contributed by atoms with E-state index in [-0.39, 0.29) is 50.7 Å². The zero-order chi connectivity index (χ0) is 24.7. The standard InChI is InChI=1S/C13H11.2C9H7.C5H5.2ClH.Hf/c1-3-7-12(8-4-1)11-13-9-5-2-6-10-13;2*1-2-5-9-7-3-6-8(9)4-1;1-2-4-5-3-1;;;/h1-11H;2*1-7H;1-3H,4H2;2*1H;/q4*-1;;;+4. The fourth-order valence-electron chi connectivity index (χ4n) is 3.77. The largest absolute Gasteiger partial charge is 4.00 e. The van der Waals surface area contributed by atoms with E-state index in [9.17, 15) is 0 Å². The van der Waals surface area contributed by atoms with Crippen LogP contribution in [0.15, 0.2) is 164 Å². The number of hydrogen-bond donors (Lipinski definition) is 0. The maximum atomic E-state index is 2.99. The number of hydrogen-bond acceptors (Lipinski definition) is 0. The first-order valence-electron chi connectivity index (χ1n) is 12.3. The molecule has 1 aliphatic carbocycles. The maximum Gasteiger partial charge on any atom is 4.00 e. The number of fused-ring (bicyclic) bond motifs is 2. The molecule has 0 atom stereocenters. The number of benzene rings is 4. The summed E-state index contributed by atoms with van der Waals surface area (Å²) >= 11 is 0. The van der Waals surface area contributed by atoms with Gasteiger partial charge >= 0.3 is 25.8 Å². The van der Waals surface area contributed by atoms with E-state index in [2.05, 4.69) is 152 Å². The third-order valence-corrected chi connectivity index (χ3v) is 5.61. The zero-order valence-electron chi connectivity index (χ0n) is 21.7. The van der Waals surface area contributed by atoms with Gasteiger partial charge in [0.25, 0.3) is 0 Å². The Kier molecular flexibility index (Phi) is 17.3. The van der Waals surface area contributed by atoms with E-state index in [1.54, 1.807) is 0 Å². The number of rotatable bonds is 2. The molecule has 0 nitrogen and oxygen atoms in total. The van der Waals surface area contributed by atoms with Crippen LogP contribution in [0.25, 0.3) is 21.5 Å². The molecule has 0 heterocycles. The summed E-state index contributed by atoms with van der Waals surface area (Å²) in [4.78, 5) is 0. The van der Waals surface area contributed by atoms with Gasteiger partial charge in [-0.2, -0.15) is 41.1 Å². The normalized spacial score (nSPS) is 10.2. The Hall–Kier alpha value is -3.10. The minimum atomic E-state index is 0. The first-order chi connectivity index (χ1) is 17.9. The Labute approximate surface area is 264 Å². The van der Waals surface area contributed by atoms with Crippen molar-refractivity contribution in [2.75, 3.05) is 0 Å². The van der Waals surface area contributed by atoms with E-state index in [1.165, 1.54) is 32.7 Å². The van der Waals surface area contributed by atoms with Gasteiger partial charge in [0.1, 0.15) is 0 Å². The second-order valence-electron chi connectivity index (χ2n) is 8.28. The van der Waals surface area contributed by atoms with Gasteiger partial charge < -0.3 is 0 Å². The van der Waals surface area contributed by atoms with Gasteiger partial charge in [0, 0.05) is 0 Å². The Bertz CT molecular complexity index is 1300. The fourth-order valence-corrected chi connectivity index (χ4v) is 3.77. The van der Waals surface area contributed by atoms with Gasteiger partial charge in [-0.1, -0.05) is 48.5 Å². The van der Waals surface area contributed by atoms with Crippen LogP contribution in [-0.4, -0.2) is 0 Å². The third-order valence-electron chi connectivity index (χ3n) is 5.61. The van der Waals surface area contributed by atoms with Crippen molar-refractivity contribution in [2.45, 2.75) is 6.42 Å². The predicted octanol–water partition coefficient (Wildman–Crippen LogP) is 10.6. The third kappa shape index (κ3) is 12.1. The van der Waals surface area contributed by atoms with E-state index >= 15 is 0 Å². The van der Waals surface area contributed by atoms with Gasteiger partial charge in [-0.25, -0.2) is 12.2 Å². The molecule has 0 saturated heterocycles. The molecule has 1 aliphatic rings. The number of allylic oxidation sites excluding steroid dienone is 4. The first kappa shape index (κ1) is 33.9. The summed E-state index contributed by atoms with van der Waals surface area (Å²) in [6.45, 7) is 0. The average Bonchev–Trinajstić information content (AvgIpc) is 3.74. The van der Waals surface area contributed by atoms with Crippen LogP contribution in [-0.2, 0) is 25.8 Å². The number of halogens is 2. The Morgan fingerprint density at radius 2 is 0.974 bits per heavy atom. The van der Waals surface area contributed by atoms with Crippen molar-refractivity contribution >= 4 is 46.4 Å². The second kappa shape index (κ2) is 19.9. The molecule has 0 aromatic heterocycles. The van der Waals surface area contributed by atoms with Crippen molar-refractivity contribution in [1.29, 1.82) is 0 Å². The molecule has 0 saturated carbocycles. The minimum absolute atomic E-state index is 0. The second-order valence-corrected chi connectivity index (χ2v) is 8.28. The van der Waals surface area contributed by atoms with E-state index in [4.69, 9.17) is 0 Å². The molecule has 0 unspecified atom stereocenters. The molecule has 0 amide bonds. The molecule has 39 heavy (non-hydrogen) atoms. The summed E-state index contributed by atoms with van der Waals surface area (Å²) in [5.74, 6) is 0. The fraction of sp³-hybridized carbons (Fsp3) is 0.0278. The SMILES string of the molecule is Cl.Cl.[C-]1=CC=CC1.[Hf+4].c1ccc([CH-]c2ccccc2)cc1.c1ccc2[cH-]ccc2c1.c1ccc2[cH-]ccc2c1. The van der Waals surface area contributed by atoms with Crippen LogP contribution >= 0.6 is 24.8 Å². The van der Waals surface area contributed by atoms with Crippen LogP contribution in [0.1, 0.15) is 17.5 Å². The van der Waals surface area contributed by atoms with Crippen LogP contribution in [0.3, 0.4) is 0 Å². The molecule has 194 valence electrons. The van der Waals surface area contributed by atoms with Gasteiger partial charge in [-0.15, -0.1) is 132 Å². The molecular formula is C36H32Cl2Hf. The monoisotopic (exact) mass is 714 g/mol. The summed E-state index contributed by atoms with van der Waals surface area (Å²) in [5, 5.41) is 5.32. The summed E-state index contributed by atoms with van der Waals surface area (Å²) in [6.07, 6.45) is 12.2. The van der Waals surface area contributed by atoms with Crippen molar-refractivity contribution in [2.24, 2.45) is 0 Å². The van der Waals surface area contributed by atoms with Crippen molar-refractivity contribution in [1.82, 2.24) is 0 Å². The van der Waals surface area contributed by atoms with Crippen LogP contribution in [0.5, 0.6) is 0 Å². The van der Waals surface area contributed by atoms with Gasteiger partial charge in [0.15, 0.2) is 0 Å². The van der Waals surface area contributed by atoms with Crippen molar-refractivity contribution in [3.05, 3.63) is 187 Å². The van der Waals surface area contributed by atoms with Crippen molar-refractivity contribution in [3.63, 3.8) is 0 Å². The van der Waals surface area contributed by atoms with E-state index in [0.717, 1.165) is 6.42 Å². The van der Waals surface area contributed by atoms with Gasteiger partial charge in [0.05, 0.1) is 0 Å². The van der Waals surface area contributed by atoms with Crippen LogP contribution in [0, 0.1) is 12.5 Å². The van der Waals surface area contributed by atoms with Crippen LogP contribution in [0.2, 0.25) is 0 Å². The Morgan fingerprint density at radius 3 is 1.33 bits per heavy atom. The summed E-state index contributed by atoms with van der Waals surface area (Å²) in [7, 11) is 0. The quantitative estimate of drug-likeness (QED) is 0.124. The molecule has 0 spiro atoms. The van der Waals surface area contributed by atoms with Crippen LogP contribution in [0.4, 0.5) is 0 Å².